The van der Waals surface area contributed by atoms with Gasteiger partial charge in [0.25, 0.3) is 0 Å². The molecule has 0 aromatic rings. The Hall–Kier alpha value is -0.160. The maximum Gasteiger partial charge on any atom is 0.0706 e. The lowest BCUT2D eigenvalue weighted by Gasteiger charge is -2.21. The van der Waals surface area contributed by atoms with Crippen molar-refractivity contribution in [2.75, 3.05) is 46.9 Å². The number of ether oxygens (including phenoxy) is 2. The van der Waals surface area contributed by atoms with Crippen molar-refractivity contribution in [3.63, 3.8) is 0 Å². The highest BCUT2D eigenvalue weighted by Crippen LogP contribution is 2.19. The molecule has 1 aliphatic rings. The van der Waals surface area contributed by atoms with Crippen LogP contribution in [-0.4, -0.2) is 64.1 Å². The highest BCUT2D eigenvalue weighted by Gasteiger charge is 2.22. The molecule has 4 nitrogen and oxygen atoms in total. The standard InChI is InChI=1S/C12H26N2O2/c1-11-4-5-12(16-11)10-14(2)8-6-13-7-9-15-3/h11-13H,4-10H2,1-3H3. The normalized spacial score (nSPS) is 25.5. The molecule has 0 saturated carbocycles. The van der Waals surface area contributed by atoms with Crippen LogP contribution in [0.1, 0.15) is 19.8 Å². The van der Waals surface area contributed by atoms with Gasteiger partial charge in [0.15, 0.2) is 0 Å². The predicted octanol–water partition coefficient (Wildman–Crippen LogP) is 0.722. The summed E-state index contributed by atoms with van der Waals surface area (Å²) in [4.78, 5) is 2.34. The molecule has 0 radical (unpaired) electrons. The van der Waals surface area contributed by atoms with Crippen LogP contribution in [0.3, 0.4) is 0 Å². The van der Waals surface area contributed by atoms with Crippen LogP contribution in [0, 0.1) is 0 Å². The highest BCUT2D eigenvalue weighted by molar-refractivity contribution is 4.73. The minimum absolute atomic E-state index is 0.443. The van der Waals surface area contributed by atoms with Gasteiger partial charge in [-0.3, -0.25) is 0 Å². The summed E-state index contributed by atoms with van der Waals surface area (Å²) in [5.41, 5.74) is 0. The fraction of sp³-hybridized carbons (Fsp3) is 1.00. The van der Waals surface area contributed by atoms with Crippen molar-refractivity contribution < 1.29 is 9.47 Å². The van der Waals surface area contributed by atoms with E-state index in [1.807, 2.05) is 0 Å². The molecule has 0 bridgehead atoms. The van der Waals surface area contributed by atoms with Gasteiger partial charge in [-0.05, 0) is 26.8 Å². The second-order valence-corrected chi connectivity index (χ2v) is 4.65. The number of rotatable bonds is 8. The minimum Gasteiger partial charge on any atom is -0.383 e. The number of nitrogens with zero attached hydrogens (tertiary/aromatic N) is 1. The fourth-order valence-electron chi connectivity index (χ4n) is 2.03. The lowest BCUT2D eigenvalue weighted by atomic mass is 10.2. The van der Waals surface area contributed by atoms with E-state index in [4.69, 9.17) is 9.47 Å². The third kappa shape index (κ3) is 5.80. The molecule has 1 N–H and O–H groups in total. The summed E-state index contributed by atoms with van der Waals surface area (Å²) in [6, 6.07) is 0. The summed E-state index contributed by atoms with van der Waals surface area (Å²) in [7, 11) is 3.89. The van der Waals surface area contributed by atoms with E-state index in [9.17, 15) is 0 Å². The number of hydrogen-bond donors (Lipinski definition) is 1. The van der Waals surface area contributed by atoms with Crippen LogP contribution in [0.4, 0.5) is 0 Å². The smallest absolute Gasteiger partial charge is 0.0706 e. The van der Waals surface area contributed by atoms with Gasteiger partial charge in [0.1, 0.15) is 0 Å². The Bertz CT molecular complexity index is 178. The molecular formula is C12H26N2O2. The average molecular weight is 230 g/mol. The Balaban J connectivity index is 1.96. The first-order valence-electron chi connectivity index (χ1n) is 6.26. The SMILES string of the molecule is COCCNCCN(C)CC1CCC(C)O1. The van der Waals surface area contributed by atoms with Gasteiger partial charge in [-0.25, -0.2) is 0 Å². The van der Waals surface area contributed by atoms with Gasteiger partial charge in [0.2, 0.25) is 0 Å². The molecule has 0 aromatic heterocycles. The Morgan fingerprint density at radius 1 is 1.38 bits per heavy atom. The Labute approximate surface area is 99.3 Å². The lowest BCUT2D eigenvalue weighted by molar-refractivity contribution is 0.0366. The van der Waals surface area contributed by atoms with Crippen LogP contribution < -0.4 is 5.32 Å². The zero-order valence-corrected chi connectivity index (χ0v) is 10.9. The van der Waals surface area contributed by atoms with E-state index in [-0.39, 0.29) is 0 Å². The van der Waals surface area contributed by atoms with Gasteiger partial charge in [-0.1, -0.05) is 0 Å². The molecule has 0 amide bonds. The molecule has 1 fully saturated rings. The zero-order chi connectivity index (χ0) is 11.8. The summed E-state index contributed by atoms with van der Waals surface area (Å²) in [5, 5.41) is 3.34. The van der Waals surface area contributed by atoms with Gasteiger partial charge in [-0.2, -0.15) is 0 Å². The van der Waals surface area contributed by atoms with Crippen molar-refractivity contribution >= 4 is 0 Å². The van der Waals surface area contributed by atoms with E-state index in [0.717, 1.165) is 32.8 Å². The lowest BCUT2D eigenvalue weighted by Crippen LogP contribution is -2.35. The Morgan fingerprint density at radius 3 is 2.81 bits per heavy atom. The molecule has 1 saturated heterocycles. The quantitative estimate of drug-likeness (QED) is 0.623. The Kier molecular flexibility index (Phi) is 6.96. The van der Waals surface area contributed by atoms with Crippen LogP contribution in [-0.2, 0) is 9.47 Å². The maximum absolute atomic E-state index is 5.79. The van der Waals surface area contributed by atoms with Crippen LogP contribution in [0.2, 0.25) is 0 Å². The van der Waals surface area contributed by atoms with Gasteiger partial charge in [0.05, 0.1) is 18.8 Å². The van der Waals surface area contributed by atoms with Gasteiger partial charge in [-0.15, -0.1) is 0 Å². The molecule has 1 heterocycles. The highest BCUT2D eigenvalue weighted by atomic mass is 16.5. The van der Waals surface area contributed by atoms with Gasteiger partial charge in [0, 0.05) is 33.3 Å². The molecule has 2 unspecified atom stereocenters. The van der Waals surface area contributed by atoms with E-state index in [1.165, 1.54) is 12.8 Å². The monoisotopic (exact) mass is 230 g/mol. The van der Waals surface area contributed by atoms with E-state index >= 15 is 0 Å². The second-order valence-electron chi connectivity index (χ2n) is 4.65. The van der Waals surface area contributed by atoms with E-state index in [2.05, 4.69) is 24.2 Å². The third-order valence-corrected chi connectivity index (χ3v) is 2.99. The number of likely N-dealkylation sites (N-methyl/N-ethyl adjacent to an activating group) is 1. The number of nitrogens with one attached hydrogen (secondary N) is 1. The number of hydrogen-bond acceptors (Lipinski definition) is 4. The molecule has 1 aliphatic heterocycles. The van der Waals surface area contributed by atoms with Crippen molar-refractivity contribution in [2.45, 2.75) is 32.0 Å². The summed E-state index contributed by atoms with van der Waals surface area (Å²) in [6.07, 6.45) is 3.32. The van der Waals surface area contributed by atoms with Crippen LogP contribution >= 0.6 is 0 Å². The first-order chi connectivity index (χ1) is 7.72. The van der Waals surface area contributed by atoms with E-state index < -0.39 is 0 Å². The summed E-state index contributed by atoms with van der Waals surface area (Å²) < 4.78 is 10.8. The molecular weight excluding hydrogens is 204 g/mol. The largest absolute Gasteiger partial charge is 0.383 e. The van der Waals surface area contributed by atoms with Gasteiger partial charge < -0.3 is 19.7 Å². The predicted molar refractivity (Wildman–Crippen MR) is 65.8 cm³/mol. The molecule has 4 heteroatoms. The van der Waals surface area contributed by atoms with Crippen LogP contribution in [0.25, 0.3) is 0 Å². The topological polar surface area (TPSA) is 33.7 Å². The van der Waals surface area contributed by atoms with Crippen molar-refractivity contribution in [2.24, 2.45) is 0 Å². The first-order valence-corrected chi connectivity index (χ1v) is 6.26. The molecule has 0 spiro atoms. The van der Waals surface area contributed by atoms with E-state index in [0.29, 0.717) is 12.2 Å². The maximum atomic E-state index is 5.79. The van der Waals surface area contributed by atoms with Crippen molar-refractivity contribution in [1.82, 2.24) is 10.2 Å². The molecule has 2 atom stereocenters. The molecule has 1 rings (SSSR count). The van der Waals surface area contributed by atoms with Crippen LogP contribution in [0.5, 0.6) is 0 Å². The van der Waals surface area contributed by atoms with Gasteiger partial charge >= 0.3 is 0 Å². The molecule has 0 aliphatic carbocycles. The first kappa shape index (κ1) is 13.9. The van der Waals surface area contributed by atoms with E-state index in [1.54, 1.807) is 7.11 Å². The van der Waals surface area contributed by atoms with Crippen molar-refractivity contribution in [3.05, 3.63) is 0 Å². The molecule has 96 valence electrons. The molecule has 0 aromatic carbocycles. The van der Waals surface area contributed by atoms with Crippen molar-refractivity contribution in [3.8, 4) is 0 Å². The molecule has 16 heavy (non-hydrogen) atoms. The van der Waals surface area contributed by atoms with Crippen LogP contribution in [0.15, 0.2) is 0 Å². The summed E-state index contributed by atoms with van der Waals surface area (Å²) in [5.74, 6) is 0. The van der Waals surface area contributed by atoms with Crippen molar-refractivity contribution in [1.29, 1.82) is 0 Å². The average Bonchev–Trinajstić information content (AvgIpc) is 2.63. The summed E-state index contributed by atoms with van der Waals surface area (Å²) in [6.45, 7) is 7.01. The summed E-state index contributed by atoms with van der Waals surface area (Å²) >= 11 is 0. The number of methoxy groups -OCH3 is 1. The Morgan fingerprint density at radius 2 is 2.19 bits per heavy atom. The second kappa shape index (κ2) is 8.01. The third-order valence-electron chi connectivity index (χ3n) is 2.99. The minimum atomic E-state index is 0.443. The fourth-order valence-corrected chi connectivity index (χ4v) is 2.03. The zero-order valence-electron chi connectivity index (χ0n) is 10.9.